The van der Waals surface area contributed by atoms with Crippen molar-refractivity contribution in [1.29, 1.82) is 0 Å². The fraction of sp³-hybridized carbons (Fsp3) is 0.684. The molecule has 0 atom stereocenters. The summed E-state index contributed by atoms with van der Waals surface area (Å²) in [5.41, 5.74) is 0.999. The van der Waals surface area contributed by atoms with Crippen LogP contribution in [0, 0.1) is 33.0 Å². The molecular formula is C19H25F2I. The summed E-state index contributed by atoms with van der Waals surface area (Å²) >= 11 is 1.90. The van der Waals surface area contributed by atoms with Crippen LogP contribution in [0.5, 0.6) is 0 Å². The van der Waals surface area contributed by atoms with E-state index in [1.54, 1.807) is 0 Å². The van der Waals surface area contributed by atoms with Crippen molar-refractivity contribution in [2.75, 3.05) is 0 Å². The van der Waals surface area contributed by atoms with E-state index in [2.05, 4.69) is 6.92 Å². The first kappa shape index (κ1) is 16.7. The topological polar surface area (TPSA) is 0 Å². The van der Waals surface area contributed by atoms with E-state index < -0.39 is 11.6 Å². The van der Waals surface area contributed by atoms with Crippen molar-refractivity contribution >= 4 is 22.6 Å². The van der Waals surface area contributed by atoms with E-state index in [0.717, 1.165) is 36.2 Å². The molecule has 0 saturated heterocycles. The van der Waals surface area contributed by atoms with E-state index in [1.165, 1.54) is 44.6 Å². The third-order valence-electron chi connectivity index (χ3n) is 5.98. The van der Waals surface area contributed by atoms with E-state index in [1.807, 2.05) is 28.7 Å². The lowest BCUT2D eigenvalue weighted by molar-refractivity contribution is 0.165. The van der Waals surface area contributed by atoms with E-state index in [4.69, 9.17) is 0 Å². The van der Waals surface area contributed by atoms with Crippen LogP contribution in [0.25, 0.3) is 0 Å². The van der Waals surface area contributed by atoms with Gasteiger partial charge in [0.25, 0.3) is 0 Å². The Balaban J connectivity index is 1.60. The monoisotopic (exact) mass is 418 g/mol. The molecule has 3 heteroatoms. The molecule has 0 heterocycles. The van der Waals surface area contributed by atoms with Crippen molar-refractivity contribution < 1.29 is 8.78 Å². The highest BCUT2D eigenvalue weighted by Crippen LogP contribution is 2.44. The summed E-state index contributed by atoms with van der Waals surface area (Å²) in [6.45, 7) is 2.37. The van der Waals surface area contributed by atoms with Gasteiger partial charge in [-0.25, -0.2) is 8.78 Å². The molecule has 22 heavy (non-hydrogen) atoms. The van der Waals surface area contributed by atoms with Gasteiger partial charge in [0.15, 0.2) is 11.6 Å². The quantitative estimate of drug-likeness (QED) is 0.372. The first-order valence-corrected chi connectivity index (χ1v) is 9.77. The van der Waals surface area contributed by atoms with Gasteiger partial charge in [0.2, 0.25) is 0 Å². The lowest BCUT2D eigenvalue weighted by Gasteiger charge is -2.37. The zero-order valence-corrected chi connectivity index (χ0v) is 15.4. The van der Waals surface area contributed by atoms with Crippen molar-refractivity contribution in [3.63, 3.8) is 0 Å². The molecule has 0 spiro atoms. The van der Waals surface area contributed by atoms with E-state index in [0.29, 0.717) is 9.49 Å². The molecular weight excluding hydrogens is 393 g/mol. The van der Waals surface area contributed by atoms with Gasteiger partial charge in [0.1, 0.15) is 0 Å². The Bertz CT molecular complexity index is 489. The number of halogens is 3. The van der Waals surface area contributed by atoms with Crippen LogP contribution in [0.15, 0.2) is 12.1 Å². The standard InChI is InChI=1S/C19H25F2I/c1-12-2-4-13(5-3-12)14-6-8-15(9-7-14)16-10-17(20)19(21)18(22)11-16/h10-15H,2-9H2,1H3. The molecule has 0 amide bonds. The molecule has 3 rings (SSSR count). The zero-order valence-electron chi connectivity index (χ0n) is 13.3. The highest BCUT2D eigenvalue weighted by Gasteiger charge is 2.30. The molecule has 0 aliphatic heterocycles. The lowest BCUT2D eigenvalue weighted by Crippen LogP contribution is -2.24. The minimum absolute atomic E-state index is 0.413. The summed E-state index contributed by atoms with van der Waals surface area (Å²) in [4.78, 5) is 0. The summed E-state index contributed by atoms with van der Waals surface area (Å²) in [6, 6.07) is 3.26. The highest BCUT2D eigenvalue weighted by atomic mass is 127. The molecule has 0 nitrogen and oxygen atoms in total. The Labute approximate surface area is 146 Å². The van der Waals surface area contributed by atoms with Crippen molar-refractivity contribution in [1.82, 2.24) is 0 Å². The van der Waals surface area contributed by atoms with Gasteiger partial charge in [-0.1, -0.05) is 19.8 Å². The third kappa shape index (κ3) is 3.65. The number of hydrogen-bond acceptors (Lipinski definition) is 0. The molecule has 1 aromatic rings. The van der Waals surface area contributed by atoms with E-state index >= 15 is 0 Å². The molecule has 0 aromatic heterocycles. The normalized spacial score (nSPS) is 32.9. The van der Waals surface area contributed by atoms with Gasteiger partial charge in [-0.05, 0) is 102 Å². The summed E-state index contributed by atoms with van der Waals surface area (Å²) in [5.74, 6) is 1.73. The Morgan fingerprint density at radius 2 is 1.41 bits per heavy atom. The summed E-state index contributed by atoms with van der Waals surface area (Å²) in [5, 5.41) is 0. The SMILES string of the molecule is CC1CCC(C2CCC(c3cc(F)c(F)c(I)c3)CC2)CC1. The zero-order chi connectivity index (χ0) is 15.7. The minimum Gasteiger partial charge on any atom is -0.204 e. The fourth-order valence-electron chi connectivity index (χ4n) is 4.49. The van der Waals surface area contributed by atoms with Gasteiger partial charge in [0, 0.05) is 0 Å². The van der Waals surface area contributed by atoms with Crippen LogP contribution in [0.2, 0.25) is 0 Å². The van der Waals surface area contributed by atoms with Gasteiger partial charge in [-0.3, -0.25) is 0 Å². The smallest absolute Gasteiger partial charge is 0.172 e. The Kier molecular flexibility index (Phi) is 5.41. The van der Waals surface area contributed by atoms with Crippen molar-refractivity contribution in [3.8, 4) is 0 Å². The molecule has 0 bridgehead atoms. The summed E-state index contributed by atoms with van der Waals surface area (Å²) < 4.78 is 27.5. The summed E-state index contributed by atoms with van der Waals surface area (Å²) in [7, 11) is 0. The lowest BCUT2D eigenvalue weighted by atomic mass is 9.68. The van der Waals surface area contributed by atoms with Gasteiger partial charge in [-0.15, -0.1) is 0 Å². The minimum atomic E-state index is -0.700. The van der Waals surface area contributed by atoms with Crippen LogP contribution < -0.4 is 0 Å². The maximum absolute atomic E-state index is 13.6. The maximum Gasteiger partial charge on any atom is 0.172 e. The second-order valence-corrected chi connectivity index (χ2v) is 8.59. The van der Waals surface area contributed by atoms with Crippen LogP contribution in [0.3, 0.4) is 0 Å². The Hall–Kier alpha value is -0.190. The maximum atomic E-state index is 13.6. The van der Waals surface area contributed by atoms with Crippen molar-refractivity contribution in [2.45, 2.75) is 64.2 Å². The van der Waals surface area contributed by atoms with Crippen LogP contribution in [-0.2, 0) is 0 Å². The van der Waals surface area contributed by atoms with E-state index in [-0.39, 0.29) is 0 Å². The third-order valence-corrected chi connectivity index (χ3v) is 6.76. The predicted molar refractivity (Wildman–Crippen MR) is 94.9 cm³/mol. The molecule has 2 saturated carbocycles. The molecule has 0 radical (unpaired) electrons. The summed E-state index contributed by atoms with van der Waals surface area (Å²) in [6.07, 6.45) is 10.4. The van der Waals surface area contributed by atoms with Crippen molar-refractivity contribution in [2.24, 2.45) is 17.8 Å². The second kappa shape index (κ2) is 7.14. The Morgan fingerprint density at radius 3 is 1.95 bits per heavy atom. The van der Waals surface area contributed by atoms with Gasteiger partial charge < -0.3 is 0 Å². The molecule has 122 valence electrons. The highest BCUT2D eigenvalue weighted by molar-refractivity contribution is 14.1. The number of benzene rings is 1. The molecule has 2 fully saturated rings. The van der Waals surface area contributed by atoms with Crippen LogP contribution in [-0.4, -0.2) is 0 Å². The Morgan fingerprint density at radius 1 is 0.864 bits per heavy atom. The fourth-order valence-corrected chi connectivity index (χ4v) is 5.11. The molecule has 0 N–H and O–H groups in total. The number of hydrogen-bond donors (Lipinski definition) is 0. The first-order chi connectivity index (χ1) is 10.5. The molecule has 0 unspecified atom stereocenters. The van der Waals surface area contributed by atoms with Crippen LogP contribution >= 0.6 is 22.6 Å². The predicted octanol–water partition coefficient (Wildman–Crippen LogP) is 6.67. The van der Waals surface area contributed by atoms with Gasteiger partial charge in [0.05, 0.1) is 3.57 Å². The average molecular weight is 418 g/mol. The largest absolute Gasteiger partial charge is 0.204 e. The molecule has 2 aliphatic carbocycles. The van der Waals surface area contributed by atoms with Gasteiger partial charge in [-0.2, -0.15) is 0 Å². The molecule has 2 aliphatic rings. The average Bonchev–Trinajstić information content (AvgIpc) is 2.53. The van der Waals surface area contributed by atoms with Gasteiger partial charge >= 0.3 is 0 Å². The van der Waals surface area contributed by atoms with Crippen LogP contribution in [0.1, 0.15) is 69.8 Å². The number of rotatable bonds is 2. The second-order valence-electron chi connectivity index (χ2n) is 7.43. The molecule has 1 aromatic carbocycles. The van der Waals surface area contributed by atoms with E-state index in [9.17, 15) is 8.78 Å². The van der Waals surface area contributed by atoms with Crippen molar-refractivity contribution in [3.05, 3.63) is 32.9 Å². The first-order valence-electron chi connectivity index (χ1n) is 8.69. The van der Waals surface area contributed by atoms with Crippen LogP contribution in [0.4, 0.5) is 8.78 Å².